The summed E-state index contributed by atoms with van der Waals surface area (Å²) in [6.07, 6.45) is 4.08. The number of ketones is 1. The van der Waals surface area contributed by atoms with E-state index in [0.717, 1.165) is 41.1 Å². The fourth-order valence-electron chi connectivity index (χ4n) is 4.11. The van der Waals surface area contributed by atoms with Crippen LogP contribution >= 0.6 is 0 Å². The van der Waals surface area contributed by atoms with Crippen molar-refractivity contribution in [3.8, 4) is 5.75 Å². The van der Waals surface area contributed by atoms with Crippen LogP contribution in [0.5, 0.6) is 5.75 Å². The lowest BCUT2D eigenvalue weighted by atomic mass is 9.77. The molecule has 1 heterocycles. The SMILES string of the molecule is C=CCOc1ccc(C2CC(=O)N(c3ccccc3)C3=C2C(=O)CCC3)cc1. The summed E-state index contributed by atoms with van der Waals surface area (Å²) >= 11 is 0. The molecule has 142 valence electrons. The lowest BCUT2D eigenvalue weighted by molar-refractivity contribution is -0.119. The molecule has 0 fully saturated rings. The average Bonchev–Trinajstić information content (AvgIpc) is 2.73. The highest BCUT2D eigenvalue weighted by atomic mass is 16.5. The lowest BCUT2D eigenvalue weighted by Gasteiger charge is -2.38. The molecule has 4 rings (SSSR count). The molecule has 4 heteroatoms. The first kappa shape index (κ1) is 18.2. The third-order valence-corrected chi connectivity index (χ3v) is 5.34. The third-order valence-electron chi connectivity index (χ3n) is 5.34. The van der Waals surface area contributed by atoms with Crippen LogP contribution < -0.4 is 9.64 Å². The Bertz CT molecular complexity index is 928. The summed E-state index contributed by atoms with van der Waals surface area (Å²) < 4.78 is 5.55. The number of Topliss-reactive ketones (excluding diaryl/α,β-unsaturated/α-hetero) is 1. The molecule has 0 radical (unpaired) electrons. The second kappa shape index (κ2) is 7.85. The maximum atomic E-state index is 13.1. The van der Waals surface area contributed by atoms with Crippen molar-refractivity contribution >= 4 is 17.4 Å². The Morgan fingerprint density at radius 3 is 2.50 bits per heavy atom. The number of carbonyl (C=O) groups excluding carboxylic acids is 2. The van der Waals surface area contributed by atoms with Gasteiger partial charge in [0.05, 0.1) is 0 Å². The summed E-state index contributed by atoms with van der Waals surface area (Å²) in [5, 5.41) is 0. The monoisotopic (exact) mass is 373 g/mol. The molecule has 2 aliphatic rings. The average molecular weight is 373 g/mol. The first-order valence-corrected chi connectivity index (χ1v) is 9.67. The minimum absolute atomic E-state index is 0.0385. The molecule has 0 spiro atoms. The molecule has 28 heavy (non-hydrogen) atoms. The van der Waals surface area contributed by atoms with Gasteiger partial charge in [0.15, 0.2) is 5.78 Å². The van der Waals surface area contributed by atoms with Crippen molar-refractivity contribution < 1.29 is 14.3 Å². The molecule has 0 bridgehead atoms. The van der Waals surface area contributed by atoms with E-state index in [1.54, 1.807) is 11.0 Å². The number of anilines is 1. The van der Waals surface area contributed by atoms with Gasteiger partial charge in [0.2, 0.25) is 5.91 Å². The van der Waals surface area contributed by atoms with Crippen LogP contribution in [0, 0.1) is 0 Å². The molecule has 0 N–H and O–H groups in total. The Hall–Kier alpha value is -3.14. The van der Waals surface area contributed by atoms with E-state index < -0.39 is 0 Å². The standard InChI is InChI=1S/C24H23NO3/c1-2-15-28-19-13-11-17(12-14-19)20-16-23(27)25(18-7-4-3-5-8-18)21-9-6-10-22(26)24(20)21/h2-5,7-8,11-14,20H,1,6,9-10,15-16H2. The number of rotatable bonds is 5. The van der Waals surface area contributed by atoms with Crippen LogP contribution in [0.1, 0.15) is 37.2 Å². The van der Waals surface area contributed by atoms with Gasteiger partial charge >= 0.3 is 0 Å². The van der Waals surface area contributed by atoms with E-state index in [0.29, 0.717) is 19.4 Å². The Kier molecular flexibility index (Phi) is 5.11. The summed E-state index contributed by atoms with van der Waals surface area (Å²) in [6.45, 7) is 4.10. The number of allylic oxidation sites excluding steroid dienone is 2. The maximum Gasteiger partial charge on any atom is 0.232 e. The largest absolute Gasteiger partial charge is 0.490 e. The maximum absolute atomic E-state index is 13.1. The predicted molar refractivity (Wildman–Crippen MR) is 109 cm³/mol. The first-order chi connectivity index (χ1) is 13.7. The normalized spacial score (nSPS) is 19.4. The van der Waals surface area contributed by atoms with E-state index in [1.807, 2.05) is 54.6 Å². The van der Waals surface area contributed by atoms with Crippen LogP contribution in [-0.4, -0.2) is 18.3 Å². The van der Waals surface area contributed by atoms with Crippen LogP contribution in [0.25, 0.3) is 0 Å². The number of ether oxygens (including phenoxy) is 1. The zero-order valence-electron chi connectivity index (χ0n) is 15.8. The van der Waals surface area contributed by atoms with E-state index in [4.69, 9.17) is 4.74 Å². The molecule has 2 aromatic carbocycles. The lowest BCUT2D eigenvalue weighted by Crippen LogP contribution is -2.40. The van der Waals surface area contributed by atoms with Gasteiger partial charge in [-0.1, -0.05) is 43.0 Å². The van der Waals surface area contributed by atoms with Gasteiger partial charge in [0.1, 0.15) is 12.4 Å². The number of hydrogen-bond donors (Lipinski definition) is 0. The number of carbonyl (C=O) groups is 2. The van der Waals surface area contributed by atoms with Crippen molar-refractivity contribution in [2.45, 2.75) is 31.6 Å². The highest BCUT2D eigenvalue weighted by Gasteiger charge is 2.39. The summed E-state index contributed by atoms with van der Waals surface area (Å²) in [5.74, 6) is 0.757. The number of nitrogens with zero attached hydrogens (tertiary/aromatic N) is 1. The van der Waals surface area contributed by atoms with Gasteiger partial charge in [-0.15, -0.1) is 0 Å². The molecule has 0 saturated heterocycles. The molecule has 1 unspecified atom stereocenters. The van der Waals surface area contributed by atoms with Crippen molar-refractivity contribution in [1.29, 1.82) is 0 Å². The van der Waals surface area contributed by atoms with Crippen LogP contribution in [-0.2, 0) is 9.59 Å². The van der Waals surface area contributed by atoms with Gasteiger partial charge in [-0.3, -0.25) is 14.5 Å². The molecule has 0 aromatic heterocycles. The van der Waals surface area contributed by atoms with Gasteiger partial charge in [0, 0.05) is 35.7 Å². The molecule has 0 saturated carbocycles. The molecule has 1 aliphatic heterocycles. The van der Waals surface area contributed by atoms with E-state index in [9.17, 15) is 9.59 Å². The number of amides is 1. The Morgan fingerprint density at radius 2 is 1.79 bits per heavy atom. The highest BCUT2D eigenvalue weighted by Crippen LogP contribution is 2.43. The Balaban J connectivity index is 1.74. The van der Waals surface area contributed by atoms with Crippen LogP contribution in [0.3, 0.4) is 0 Å². The zero-order chi connectivity index (χ0) is 19.5. The van der Waals surface area contributed by atoms with Crippen LogP contribution in [0.2, 0.25) is 0 Å². The van der Waals surface area contributed by atoms with Gasteiger partial charge in [0.25, 0.3) is 0 Å². The van der Waals surface area contributed by atoms with Gasteiger partial charge < -0.3 is 4.74 Å². The zero-order valence-corrected chi connectivity index (χ0v) is 15.8. The van der Waals surface area contributed by atoms with Gasteiger partial charge in [-0.2, -0.15) is 0 Å². The van der Waals surface area contributed by atoms with Crippen LogP contribution in [0.4, 0.5) is 5.69 Å². The van der Waals surface area contributed by atoms with E-state index in [1.165, 1.54) is 0 Å². The molecule has 2 aromatic rings. The number of benzene rings is 2. The molecule has 1 amide bonds. The van der Waals surface area contributed by atoms with Crippen molar-refractivity contribution in [3.63, 3.8) is 0 Å². The second-order valence-corrected chi connectivity index (χ2v) is 7.13. The number of hydrogen-bond acceptors (Lipinski definition) is 3. The third kappa shape index (κ3) is 3.38. The van der Waals surface area contributed by atoms with E-state index >= 15 is 0 Å². The molecular weight excluding hydrogens is 350 g/mol. The highest BCUT2D eigenvalue weighted by molar-refractivity contribution is 6.07. The smallest absolute Gasteiger partial charge is 0.232 e. The van der Waals surface area contributed by atoms with Crippen molar-refractivity contribution in [1.82, 2.24) is 0 Å². The quantitative estimate of drug-likeness (QED) is 0.709. The van der Waals surface area contributed by atoms with Gasteiger partial charge in [-0.25, -0.2) is 0 Å². The minimum Gasteiger partial charge on any atom is -0.490 e. The Labute approximate surface area is 165 Å². The fraction of sp³-hybridized carbons (Fsp3) is 0.250. The van der Waals surface area contributed by atoms with Crippen LogP contribution in [0.15, 0.2) is 78.5 Å². The molecule has 4 nitrogen and oxygen atoms in total. The first-order valence-electron chi connectivity index (χ1n) is 9.67. The summed E-state index contributed by atoms with van der Waals surface area (Å²) in [5.41, 5.74) is 3.49. The Morgan fingerprint density at radius 1 is 1.04 bits per heavy atom. The number of para-hydroxylation sites is 1. The predicted octanol–water partition coefficient (Wildman–Crippen LogP) is 4.78. The fourth-order valence-corrected chi connectivity index (χ4v) is 4.11. The van der Waals surface area contributed by atoms with Crippen molar-refractivity contribution in [2.75, 3.05) is 11.5 Å². The van der Waals surface area contributed by atoms with Crippen molar-refractivity contribution in [2.24, 2.45) is 0 Å². The summed E-state index contributed by atoms with van der Waals surface area (Å²) in [7, 11) is 0. The minimum atomic E-state index is -0.191. The topological polar surface area (TPSA) is 46.6 Å². The summed E-state index contributed by atoms with van der Waals surface area (Å²) in [4.78, 5) is 27.7. The molecule has 1 atom stereocenters. The molecular formula is C24H23NO3. The van der Waals surface area contributed by atoms with E-state index in [-0.39, 0.29) is 17.6 Å². The van der Waals surface area contributed by atoms with E-state index in [2.05, 4.69) is 6.58 Å². The van der Waals surface area contributed by atoms with Gasteiger partial charge in [-0.05, 0) is 42.7 Å². The summed E-state index contributed by atoms with van der Waals surface area (Å²) in [6, 6.07) is 17.3. The second-order valence-electron chi connectivity index (χ2n) is 7.13. The van der Waals surface area contributed by atoms with Crippen molar-refractivity contribution in [3.05, 3.63) is 84.1 Å². The molecule has 1 aliphatic carbocycles.